The maximum Gasteiger partial charge on any atom is 0.303 e. The Kier molecular flexibility index (Phi) is 4.33. The fourth-order valence-electron chi connectivity index (χ4n) is 2.52. The van der Waals surface area contributed by atoms with E-state index in [-0.39, 0.29) is 18.4 Å². The van der Waals surface area contributed by atoms with E-state index < -0.39 is 5.97 Å². The lowest BCUT2D eigenvalue weighted by Crippen LogP contribution is -2.13. The normalized spacial score (nSPS) is 13.1. The lowest BCUT2D eigenvalue weighted by molar-refractivity contribution is -0.137. The van der Waals surface area contributed by atoms with Crippen molar-refractivity contribution in [2.45, 2.75) is 39.7 Å². The van der Waals surface area contributed by atoms with Gasteiger partial charge in [-0.2, -0.15) is 0 Å². The summed E-state index contributed by atoms with van der Waals surface area (Å²) in [6.45, 7) is 6.12. The molecular weight excluding hydrogens is 276 g/mol. The second-order valence-electron chi connectivity index (χ2n) is 5.53. The molecule has 0 radical (unpaired) electrons. The summed E-state index contributed by atoms with van der Waals surface area (Å²) < 4.78 is 2.14. The van der Waals surface area contributed by atoms with E-state index >= 15 is 0 Å². The van der Waals surface area contributed by atoms with Gasteiger partial charge in [0.2, 0.25) is 0 Å². The molecule has 1 heterocycles. The third-order valence-electron chi connectivity index (χ3n) is 3.30. The highest BCUT2D eigenvalue weighted by Crippen LogP contribution is 2.26. The Morgan fingerprint density at radius 3 is 2.70 bits per heavy atom. The molecule has 2 rings (SSSR count). The van der Waals surface area contributed by atoms with Gasteiger partial charge in [0.05, 0.1) is 11.0 Å². The number of benzene rings is 1. The molecule has 108 valence electrons. The van der Waals surface area contributed by atoms with Gasteiger partial charge in [0.1, 0.15) is 5.82 Å². The fourth-order valence-corrected chi connectivity index (χ4v) is 2.68. The summed E-state index contributed by atoms with van der Waals surface area (Å²) in [6, 6.07) is 5.90. The summed E-state index contributed by atoms with van der Waals surface area (Å²) in [5.74, 6) is 0.205. The molecule has 0 spiro atoms. The number of hydrogen-bond donors (Lipinski definition) is 1. The van der Waals surface area contributed by atoms with E-state index in [1.54, 1.807) is 0 Å². The minimum Gasteiger partial charge on any atom is -0.481 e. The number of aliphatic carboxylic acids is 1. The second kappa shape index (κ2) is 5.83. The SMILES string of the molecule is CC(CC(=O)O)Cc1nc2ccc(Cl)cc2n1C(C)C. The van der Waals surface area contributed by atoms with Crippen molar-refractivity contribution in [2.24, 2.45) is 5.92 Å². The van der Waals surface area contributed by atoms with Crippen molar-refractivity contribution in [1.82, 2.24) is 9.55 Å². The number of carboxylic acid groups (broad SMARTS) is 1. The van der Waals surface area contributed by atoms with Crippen LogP contribution in [0.4, 0.5) is 0 Å². The lowest BCUT2D eigenvalue weighted by atomic mass is 10.0. The zero-order chi connectivity index (χ0) is 14.9. The third-order valence-corrected chi connectivity index (χ3v) is 3.53. The number of carbonyl (C=O) groups is 1. The Morgan fingerprint density at radius 1 is 1.40 bits per heavy atom. The van der Waals surface area contributed by atoms with E-state index in [0.29, 0.717) is 11.4 Å². The van der Waals surface area contributed by atoms with Gasteiger partial charge in [0.25, 0.3) is 0 Å². The zero-order valence-corrected chi connectivity index (χ0v) is 12.7. The third kappa shape index (κ3) is 3.12. The molecule has 1 N–H and O–H groups in total. The van der Waals surface area contributed by atoms with E-state index in [1.807, 2.05) is 25.1 Å². The summed E-state index contributed by atoms with van der Waals surface area (Å²) in [4.78, 5) is 15.4. The van der Waals surface area contributed by atoms with Crippen LogP contribution >= 0.6 is 11.6 Å². The molecule has 0 saturated carbocycles. The molecule has 0 amide bonds. The van der Waals surface area contributed by atoms with E-state index in [0.717, 1.165) is 16.9 Å². The Hall–Kier alpha value is -1.55. The minimum absolute atomic E-state index is 0.0530. The van der Waals surface area contributed by atoms with Crippen molar-refractivity contribution in [3.8, 4) is 0 Å². The van der Waals surface area contributed by atoms with Crippen LogP contribution in [0.3, 0.4) is 0 Å². The maximum atomic E-state index is 10.8. The Morgan fingerprint density at radius 2 is 2.10 bits per heavy atom. The molecule has 0 bridgehead atoms. The molecule has 0 aliphatic rings. The first-order valence-corrected chi connectivity index (χ1v) is 7.14. The highest BCUT2D eigenvalue weighted by molar-refractivity contribution is 6.31. The van der Waals surface area contributed by atoms with Crippen LogP contribution < -0.4 is 0 Å². The molecule has 0 saturated heterocycles. The summed E-state index contributed by atoms with van der Waals surface area (Å²) in [7, 11) is 0. The van der Waals surface area contributed by atoms with Gasteiger partial charge >= 0.3 is 5.97 Å². The predicted octanol–water partition coefficient (Wildman–Crippen LogP) is 3.92. The summed E-state index contributed by atoms with van der Waals surface area (Å²) in [6.07, 6.45) is 0.804. The summed E-state index contributed by atoms with van der Waals surface area (Å²) in [5.41, 5.74) is 1.91. The number of aromatic nitrogens is 2. The summed E-state index contributed by atoms with van der Waals surface area (Å²) >= 11 is 6.06. The van der Waals surface area contributed by atoms with E-state index in [2.05, 4.69) is 23.4 Å². The van der Waals surface area contributed by atoms with Crippen LogP contribution in [0.1, 0.15) is 39.1 Å². The van der Waals surface area contributed by atoms with Crippen LogP contribution in [0.25, 0.3) is 11.0 Å². The predicted molar refractivity (Wildman–Crippen MR) is 80.2 cm³/mol. The Balaban J connectivity index is 2.42. The largest absolute Gasteiger partial charge is 0.481 e. The van der Waals surface area contributed by atoms with E-state index in [9.17, 15) is 4.79 Å². The number of halogens is 1. The number of imidazole rings is 1. The van der Waals surface area contributed by atoms with Gasteiger partial charge in [0, 0.05) is 23.9 Å². The van der Waals surface area contributed by atoms with Crippen LogP contribution in [-0.4, -0.2) is 20.6 Å². The van der Waals surface area contributed by atoms with Crippen molar-refractivity contribution in [1.29, 1.82) is 0 Å². The van der Waals surface area contributed by atoms with Gasteiger partial charge in [-0.05, 0) is 38.0 Å². The fraction of sp³-hybridized carbons (Fsp3) is 0.467. The van der Waals surface area contributed by atoms with Crippen molar-refractivity contribution in [3.05, 3.63) is 29.0 Å². The highest BCUT2D eigenvalue weighted by Gasteiger charge is 2.17. The van der Waals surface area contributed by atoms with Crippen LogP contribution in [-0.2, 0) is 11.2 Å². The second-order valence-corrected chi connectivity index (χ2v) is 5.97. The van der Waals surface area contributed by atoms with E-state index in [1.165, 1.54) is 0 Å². The standard InChI is InChI=1S/C15H19ClN2O2/c1-9(2)18-13-8-11(16)4-5-12(13)17-14(18)6-10(3)7-15(19)20/h4-5,8-10H,6-7H2,1-3H3,(H,19,20). The number of carboxylic acids is 1. The smallest absolute Gasteiger partial charge is 0.303 e. The minimum atomic E-state index is -0.771. The first-order valence-electron chi connectivity index (χ1n) is 6.76. The first-order chi connectivity index (χ1) is 9.38. The number of rotatable bonds is 5. The quantitative estimate of drug-likeness (QED) is 0.909. The zero-order valence-electron chi connectivity index (χ0n) is 11.9. The van der Waals surface area contributed by atoms with Crippen LogP contribution in [0.15, 0.2) is 18.2 Å². The van der Waals surface area contributed by atoms with Crippen LogP contribution in [0.2, 0.25) is 5.02 Å². The van der Waals surface area contributed by atoms with Crippen molar-refractivity contribution >= 4 is 28.6 Å². The molecule has 1 aromatic heterocycles. The molecule has 1 unspecified atom stereocenters. The topological polar surface area (TPSA) is 55.1 Å². The molecule has 1 atom stereocenters. The van der Waals surface area contributed by atoms with Gasteiger partial charge < -0.3 is 9.67 Å². The molecule has 0 aliphatic heterocycles. The average Bonchev–Trinajstić information content (AvgIpc) is 2.64. The van der Waals surface area contributed by atoms with Gasteiger partial charge in [-0.25, -0.2) is 4.98 Å². The molecule has 5 heteroatoms. The number of fused-ring (bicyclic) bond motifs is 1. The highest BCUT2D eigenvalue weighted by atomic mass is 35.5. The molecular formula is C15H19ClN2O2. The molecule has 1 aromatic carbocycles. The molecule has 2 aromatic rings. The van der Waals surface area contributed by atoms with Crippen molar-refractivity contribution in [3.63, 3.8) is 0 Å². The van der Waals surface area contributed by atoms with Crippen molar-refractivity contribution in [2.75, 3.05) is 0 Å². The van der Waals surface area contributed by atoms with Gasteiger partial charge in [-0.15, -0.1) is 0 Å². The summed E-state index contributed by atoms with van der Waals surface area (Å²) in [5, 5.41) is 9.56. The number of hydrogen-bond acceptors (Lipinski definition) is 2. The number of nitrogens with zero attached hydrogens (tertiary/aromatic N) is 2. The van der Waals surface area contributed by atoms with E-state index in [4.69, 9.17) is 16.7 Å². The monoisotopic (exact) mass is 294 g/mol. The maximum absolute atomic E-state index is 10.8. The lowest BCUT2D eigenvalue weighted by Gasteiger charge is -2.15. The Bertz CT molecular complexity index is 634. The molecule has 20 heavy (non-hydrogen) atoms. The van der Waals surface area contributed by atoms with Gasteiger partial charge in [-0.3, -0.25) is 4.79 Å². The van der Waals surface area contributed by atoms with Gasteiger partial charge in [-0.1, -0.05) is 18.5 Å². The van der Waals surface area contributed by atoms with Crippen molar-refractivity contribution < 1.29 is 9.90 Å². The molecule has 4 nitrogen and oxygen atoms in total. The van der Waals surface area contributed by atoms with Gasteiger partial charge in [0.15, 0.2) is 0 Å². The molecule has 0 fully saturated rings. The molecule has 0 aliphatic carbocycles. The Labute approximate surface area is 123 Å². The van der Waals surface area contributed by atoms with Crippen LogP contribution in [0.5, 0.6) is 0 Å². The first kappa shape index (κ1) is 14.9. The average molecular weight is 295 g/mol. The van der Waals surface area contributed by atoms with Crippen LogP contribution in [0, 0.1) is 5.92 Å².